The van der Waals surface area contributed by atoms with Crippen molar-refractivity contribution >= 4 is 11.9 Å². The molecule has 1 fully saturated rings. The zero-order valence-corrected chi connectivity index (χ0v) is 12.6. The molecule has 0 radical (unpaired) electrons. The van der Waals surface area contributed by atoms with Gasteiger partial charge in [0.25, 0.3) is 5.91 Å². The molecule has 2 rings (SSSR count). The molecule has 0 spiro atoms. The van der Waals surface area contributed by atoms with Gasteiger partial charge in [-0.2, -0.15) is 0 Å². The molecular formula is C16H22N2O3. The lowest BCUT2D eigenvalue weighted by molar-refractivity contribution is 0.0683. The second-order valence-electron chi connectivity index (χ2n) is 5.71. The van der Waals surface area contributed by atoms with E-state index < -0.39 is 5.97 Å². The van der Waals surface area contributed by atoms with Crippen molar-refractivity contribution in [2.45, 2.75) is 45.6 Å². The van der Waals surface area contributed by atoms with Gasteiger partial charge in [0, 0.05) is 18.8 Å². The van der Waals surface area contributed by atoms with Crippen molar-refractivity contribution in [2.24, 2.45) is 5.92 Å². The molecule has 0 saturated carbocycles. The number of rotatable bonds is 5. The van der Waals surface area contributed by atoms with Crippen molar-refractivity contribution in [3.05, 3.63) is 29.6 Å². The van der Waals surface area contributed by atoms with Crippen LogP contribution in [-0.2, 0) is 0 Å². The van der Waals surface area contributed by atoms with Crippen molar-refractivity contribution in [1.82, 2.24) is 9.88 Å². The second-order valence-corrected chi connectivity index (χ2v) is 5.71. The smallest absolute Gasteiger partial charge is 0.335 e. The largest absolute Gasteiger partial charge is 0.478 e. The third-order valence-electron chi connectivity index (χ3n) is 4.19. The van der Waals surface area contributed by atoms with E-state index in [0.717, 1.165) is 32.2 Å². The molecule has 21 heavy (non-hydrogen) atoms. The van der Waals surface area contributed by atoms with Gasteiger partial charge in [-0.25, -0.2) is 4.79 Å². The lowest BCUT2D eigenvalue weighted by Gasteiger charge is -2.29. The Kier molecular flexibility index (Phi) is 4.94. The molecule has 1 aliphatic heterocycles. The number of pyridine rings is 1. The Balaban J connectivity index is 2.18. The highest BCUT2D eigenvalue weighted by molar-refractivity contribution is 5.96. The van der Waals surface area contributed by atoms with E-state index in [2.05, 4.69) is 18.8 Å². The zero-order valence-electron chi connectivity index (χ0n) is 12.6. The Morgan fingerprint density at radius 2 is 2.29 bits per heavy atom. The molecule has 1 saturated heterocycles. The maximum absolute atomic E-state index is 12.6. The monoisotopic (exact) mass is 290 g/mol. The minimum atomic E-state index is -1.04. The van der Waals surface area contributed by atoms with Crippen LogP contribution in [0.3, 0.4) is 0 Å². The molecule has 0 aromatic carbocycles. The molecule has 2 unspecified atom stereocenters. The second kappa shape index (κ2) is 6.70. The van der Waals surface area contributed by atoms with E-state index in [1.165, 1.54) is 18.3 Å². The van der Waals surface area contributed by atoms with Crippen LogP contribution in [0.5, 0.6) is 0 Å². The summed E-state index contributed by atoms with van der Waals surface area (Å²) in [5, 5.41) is 9.01. The van der Waals surface area contributed by atoms with E-state index in [1.807, 2.05) is 4.90 Å². The number of aromatic nitrogens is 1. The van der Waals surface area contributed by atoms with Gasteiger partial charge in [-0.05, 0) is 37.3 Å². The number of hydrogen-bond donors (Lipinski definition) is 1. The highest BCUT2D eigenvalue weighted by Crippen LogP contribution is 2.28. The Hall–Kier alpha value is -1.91. The van der Waals surface area contributed by atoms with Gasteiger partial charge in [0.15, 0.2) is 0 Å². The van der Waals surface area contributed by atoms with E-state index in [9.17, 15) is 9.59 Å². The van der Waals surface area contributed by atoms with Gasteiger partial charge in [-0.1, -0.05) is 20.3 Å². The van der Waals surface area contributed by atoms with Crippen LogP contribution in [0.15, 0.2) is 18.3 Å². The number of carbonyl (C=O) groups is 2. The highest BCUT2D eigenvalue weighted by atomic mass is 16.4. The predicted molar refractivity (Wildman–Crippen MR) is 79.3 cm³/mol. The molecule has 1 amide bonds. The molecule has 1 aromatic rings. The number of carbonyl (C=O) groups excluding carboxylic acids is 1. The topological polar surface area (TPSA) is 70.5 Å². The third-order valence-corrected chi connectivity index (χ3v) is 4.19. The summed E-state index contributed by atoms with van der Waals surface area (Å²) in [6, 6.07) is 3.01. The van der Waals surface area contributed by atoms with Crippen molar-refractivity contribution in [2.75, 3.05) is 6.54 Å². The van der Waals surface area contributed by atoms with Crippen LogP contribution in [0, 0.1) is 5.92 Å². The number of nitrogens with zero attached hydrogens (tertiary/aromatic N) is 2. The summed E-state index contributed by atoms with van der Waals surface area (Å²) >= 11 is 0. The maximum Gasteiger partial charge on any atom is 0.335 e. The van der Waals surface area contributed by atoms with Crippen LogP contribution in [0.2, 0.25) is 0 Å². The Morgan fingerprint density at radius 3 is 2.95 bits per heavy atom. The maximum atomic E-state index is 12.6. The number of amides is 1. The normalized spacial score (nSPS) is 19.5. The lowest BCUT2D eigenvalue weighted by atomic mass is 9.95. The summed E-state index contributed by atoms with van der Waals surface area (Å²) in [4.78, 5) is 29.5. The van der Waals surface area contributed by atoms with Crippen LogP contribution in [-0.4, -0.2) is 39.5 Å². The minimum Gasteiger partial charge on any atom is -0.478 e. The molecule has 114 valence electrons. The molecule has 2 atom stereocenters. The summed E-state index contributed by atoms with van der Waals surface area (Å²) in [5.41, 5.74) is 0.330. The van der Waals surface area contributed by atoms with Gasteiger partial charge in [-0.3, -0.25) is 9.78 Å². The third kappa shape index (κ3) is 3.40. The standard InChI is InChI=1S/C16H22N2O3/c1-3-5-11(2)14-6-4-9-18(14)15(19)13-10-12(16(20)21)7-8-17-13/h7-8,10-11,14H,3-6,9H2,1-2H3,(H,20,21). The first-order chi connectivity index (χ1) is 10.0. The molecule has 0 aliphatic carbocycles. The zero-order chi connectivity index (χ0) is 15.4. The van der Waals surface area contributed by atoms with Gasteiger partial charge in [0.05, 0.1) is 5.56 Å². The summed E-state index contributed by atoms with van der Waals surface area (Å²) in [6.45, 7) is 5.06. The average Bonchev–Trinajstić information content (AvgIpc) is 2.96. The molecule has 1 aliphatic rings. The van der Waals surface area contributed by atoms with Crippen LogP contribution < -0.4 is 0 Å². The number of carboxylic acid groups (broad SMARTS) is 1. The number of aromatic carboxylic acids is 1. The fourth-order valence-corrected chi connectivity index (χ4v) is 3.11. The summed E-state index contributed by atoms with van der Waals surface area (Å²) < 4.78 is 0. The van der Waals surface area contributed by atoms with E-state index in [-0.39, 0.29) is 23.2 Å². The summed E-state index contributed by atoms with van der Waals surface area (Å²) in [5.74, 6) is -0.726. The van der Waals surface area contributed by atoms with Gasteiger partial charge in [0.2, 0.25) is 0 Å². The van der Waals surface area contributed by atoms with Gasteiger partial charge < -0.3 is 10.0 Å². The SMILES string of the molecule is CCCC(C)C1CCCN1C(=O)c1cc(C(=O)O)ccn1. The quantitative estimate of drug-likeness (QED) is 0.905. The van der Waals surface area contributed by atoms with E-state index in [0.29, 0.717) is 5.92 Å². The van der Waals surface area contributed by atoms with Crippen LogP contribution in [0.1, 0.15) is 60.4 Å². The molecule has 2 heterocycles. The molecular weight excluding hydrogens is 268 g/mol. The first-order valence-electron chi connectivity index (χ1n) is 7.55. The van der Waals surface area contributed by atoms with Crippen LogP contribution in [0.4, 0.5) is 0 Å². The van der Waals surface area contributed by atoms with Crippen molar-refractivity contribution in [3.8, 4) is 0 Å². The average molecular weight is 290 g/mol. The Bertz CT molecular complexity index is 530. The molecule has 1 N–H and O–H groups in total. The first-order valence-corrected chi connectivity index (χ1v) is 7.55. The molecule has 5 heteroatoms. The number of likely N-dealkylation sites (tertiary alicyclic amines) is 1. The molecule has 0 bridgehead atoms. The highest BCUT2D eigenvalue weighted by Gasteiger charge is 2.33. The summed E-state index contributed by atoms with van der Waals surface area (Å²) in [6.07, 6.45) is 5.61. The fourth-order valence-electron chi connectivity index (χ4n) is 3.11. The summed E-state index contributed by atoms with van der Waals surface area (Å²) in [7, 11) is 0. The van der Waals surface area contributed by atoms with Gasteiger partial charge >= 0.3 is 5.97 Å². The van der Waals surface area contributed by atoms with Gasteiger partial charge in [-0.15, -0.1) is 0 Å². The number of hydrogen-bond acceptors (Lipinski definition) is 3. The van der Waals surface area contributed by atoms with Crippen molar-refractivity contribution in [1.29, 1.82) is 0 Å². The predicted octanol–water partition coefficient (Wildman–Crippen LogP) is 2.82. The Morgan fingerprint density at radius 1 is 1.52 bits per heavy atom. The van der Waals surface area contributed by atoms with Crippen molar-refractivity contribution < 1.29 is 14.7 Å². The van der Waals surface area contributed by atoms with Gasteiger partial charge in [0.1, 0.15) is 5.69 Å². The first kappa shape index (κ1) is 15.5. The minimum absolute atomic E-state index is 0.103. The molecule has 1 aromatic heterocycles. The van der Waals surface area contributed by atoms with Crippen LogP contribution >= 0.6 is 0 Å². The number of carboxylic acids is 1. The van der Waals surface area contributed by atoms with E-state index >= 15 is 0 Å². The Labute approximate surface area is 125 Å². The van der Waals surface area contributed by atoms with E-state index in [4.69, 9.17) is 5.11 Å². The van der Waals surface area contributed by atoms with Crippen LogP contribution in [0.25, 0.3) is 0 Å². The molecule has 5 nitrogen and oxygen atoms in total. The van der Waals surface area contributed by atoms with Crippen molar-refractivity contribution in [3.63, 3.8) is 0 Å². The lowest BCUT2D eigenvalue weighted by Crippen LogP contribution is -2.39. The fraction of sp³-hybridized carbons (Fsp3) is 0.562. The van der Waals surface area contributed by atoms with E-state index in [1.54, 1.807) is 0 Å².